The van der Waals surface area contributed by atoms with E-state index in [0.717, 1.165) is 58.9 Å². The van der Waals surface area contributed by atoms with Gasteiger partial charge in [0.1, 0.15) is 17.9 Å². The summed E-state index contributed by atoms with van der Waals surface area (Å²) in [4.78, 5) is 15.6. The molecule has 37 heavy (non-hydrogen) atoms. The van der Waals surface area contributed by atoms with E-state index in [1.807, 2.05) is 34.7 Å². The van der Waals surface area contributed by atoms with Gasteiger partial charge in [0, 0.05) is 43.1 Å². The fraction of sp³-hybridized carbons (Fsp3) is 0.483. The molecule has 0 unspecified atom stereocenters. The molecular formula is C29H35N5O3. The van der Waals surface area contributed by atoms with E-state index >= 15 is 0 Å². The second-order valence-electron chi connectivity index (χ2n) is 11.1. The summed E-state index contributed by atoms with van der Waals surface area (Å²) in [6, 6.07) is 12.4. The van der Waals surface area contributed by atoms with Gasteiger partial charge >= 0.3 is 0 Å². The number of hydrogen-bond acceptors (Lipinski definition) is 6. The fourth-order valence-corrected chi connectivity index (χ4v) is 6.24. The molecule has 2 aliphatic carbocycles. The minimum Gasteiger partial charge on any atom is -0.496 e. The first-order chi connectivity index (χ1) is 17.9. The smallest absolute Gasteiger partial charge is 0.259 e. The number of methoxy groups -OCH3 is 2. The molecule has 0 spiro atoms. The highest BCUT2D eigenvalue weighted by atomic mass is 16.5. The lowest BCUT2D eigenvalue weighted by Gasteiger charge is -2.46. The number of aromatic nitrogens is 3. The third kappa shape index (κ3) is 3.94. The van der Waals surface area contributed by atoms with E-state index in [0.29, 0.717) is 6.54 Å². The number of aryl methyl sites for hydroxylation is 1. The number of carbonyl (C=O) groups is 1. The maximum Gasteiger partial charge on any atom is 0.259 e. The van der Waals surface area contributed by atoms with E-state index < -0.39 is 0 Å². The number of nitrogens with one attached hydrogen (secondary N) is 1. The molecule has 1 amide bonds. The summed E-state index contributed by atoms with van der Waals surface area (Å²) in [5.41, 5.74) is 4.67. The highest BCUT2D eigenvalue weighted by Crippen LogP contribution is 2.50. The highest BCUT2D eigenvalue weighted by molar-refractivity contribution is 6.10. The molecule has 3 aromatic rings. The zero-order valence-corrected chi connectivity index (χ0v) is 22.1. The number of anilines is 1. The molecule has 194 valence electrons. The van der Waals surface area contributed by atoms with Gasteiger partial charge in [-0.15, -0.1) is 10.2 Å². The van der Waals surface area contributed by atoms with Crippen molar-refractivity contribution in [3.05, 3.63) is 70.8 Å². The molecule has 8 nitrogen and oxygen atoms in total. The summed E-state index contributed by atoms with van der Waals surface area (Å²) >= 11 is 0. The van der Waals surface area contributed by atoms with E-state index in [9.17, 15) is 4.79 Å². The Balaban J connectivity index is 1.30. The van der Waals surface area contributed by atoms with Gasteiger partial charge in [0.2, 0.25) is 0 Å². The van der Waals surface area contributed by atoms with Crippen LogP contribution in [0.3, 0.4) is 0 Å². The standard InChI is InChI=1S/C29H35N5O3/c1-28(9-6-10-28)30-16-19-11-23-24(25(12-19)37-4)17-34(26(23)35)21-8-5-7-20(13-21)29(14-22(15-29)36-3)27-32-31-18-33(27)2/h5,7-8,11-13,18,22,30H,6,9-10,14-17H2,1-4H3. The molecule has 8 heteroatoms. The molecule has 1 N–H and O–H groups in total. The monoisotopic (exact) mass is 501 g/mol. The average Bonchev–Trinajstić information content (AvgIpc) is 3.44. The first kappa shape index (κ1) is 24.1. The van der Waals surface area contributed by atoms with Crippen LogP contribution in [-0.2, 0) is 30.3 Å². The first-order valence-electron chi connectivity index (χ1n) is 13.1. The second kappa shape index (κ2) is 8.96. The maximum absolute atomic E-state index is 13.7. The summed E-state index contributed by atoms with van der Waals surface area (Å²) in [5, 5.41) is 12.3. The molecule has 0 bridgehead atoms. The number of benzene rings is 2. The zero-order chi connectivity index (χ0) is 25.8. The van der Waals surface area contributed by atoms with Crippen LogP contribution in [0.1, 0.15) is 71.9 Å². The number of nitrogens with zero attached hydrogens (tertiary/aromatic N) is 4. The molecule has 1 aromatic heterocycles. The minimum absolute atomic E-state index is 0.0123. The summed E-state index contributed by atoms with van der Waals surface area (Å²) in [6.07, 6.45) is 7.24. The van der Waals surface area contributed by atoms with Crippen molar-refractivity contribution in [2.45, 2.75) is 69.2 Å². The Morgan fingerprint density at radius 2 is 1.97 bits per heavy atom. The van der Waals surface area contributed by atoms with Crippen LogP contribution in [0.2, 0.25) is 0 Å². The van der Waals surface area contributed by atoms with Crippen LogP contribution >= 0.6 is 0 Å². The normalized spacial score (nSPS) is 23.9. The van der Waals surface area contributed by atoms with Crippen molar-refractivity contribution < 1.29 is 14.3 Å². The van der Waals surface area contributed by atoms with Gasteiger partial charge in [-0.1, -0.05) is 12.1 Å². The third-order valence-electron chi connectivity index (χ3n) is 8.79. The molecule has 2 fully saturated rings. The number of rotatable bonds is 8. The van der Waals surface area contributed by atoms with Gasteiger partial charge in [0.25, 0.3) is 5.91 Å². The Labute approximate surface area is 218 Å². The predicted octanol–water partition coefficient (Wildman–Crippen LogP) is 4.11. The molecule has 0 saturated heterocycles. The largest absolute Gasteiger partial charge is 0.496 e. The fourth-order valence-electron chi connectivity index (χ4n) is 6.24. The molecule has 1 aliphatic heterocycles. The van der Waals surface area contributed by atoms with Crippen LogP contribution in [0.5, 0.6) is 5.75 Å². The SMILES string of the molecule is COc1cc(CNC2(C)CCC2)cc2c1CN(c1cccc(C3(c4nncn4C)CC(OC)C3)c1)C2=O. The molecule has 2 aromatic carbocycles. The Kier molecular flexibility index (Phi) is 5.84. The van der Waals surface area contributed by atoms with E-state index in [4.69, 9.17) is 9.47 Å². The van der Waals surface area contributed by atoms with Gasteiger partial charge in [-0.3, -0.25) is 4.79 Å². The van der Waals surface area contributed by atoms with Gasteiger partial charge in [-0.2, -0.15) is 0 Å². The summed E-state index contributed by atoms with van der Waals surface area (Å²) in [5.74, 6) is 1.71. The molecule has 2 heterocycles. The number of hydrogen-bond donors (Lipinski definition) is 1. The average molecular weight is 502 g/mol. The quantitative estimate of drug-likeness (QED) is 0.500. The predicted molar refractivity (Wildman–Crippen MR) is 141 cm³/mol. The minimum atomic E-state index is -0.286. The van der Waals surface area contributed by atoms with Gasteiger partial charge in [0.15, 0.2) is 0 Å². The topological polar surface area (TPSA) is 81.5 Å². The number of ether oxygens (including phenoxy) is 2. The van der Waals surface area contributed by atoms with Crippen LogP contribution in [0, 0.1) is 0 Å². The first-order valence-corrected chi connectivity index (χ1v) is 13.1. The second-order valence-corrected chi connectivity index (χ2v) is 11.1. The van der Waals surface area contributed by atoms with E-state index in [1.165, 1.54) is 19.3 Å². The van der Waals surface area contributed by atoms with Crippen LogP contribution in [-0.4, -0.2) is 46.5 Å². The lowest BCUT2D eigenvalue weighted by atomic mass is 9.62. The molecule has 6 rings (SSSR count). The lowest BCUT2D eigenvalue weighted by Crippen LogP contribution is -2.48. The Morgan fingerprint density at radius 3 is 2.62 bits per heavy atom. The van der Waals surface area contributed by atoms with Crippen LogP contribution in [0.25, 0.3) is 0 Å². The lowest BCUT2D eigenvalue weighted by molar-refractivity contribution is -0.00695. The van der Waals surface area contributed by atoms with Gasteiger partial charge in [0.05, 0.1) is 25.2 Å². The van der Waals surface area contributed by atoms with Gasteiger partial charge < -0.3 is 24.3 Å². The van der Waals surface area contributed by atoms with Crippen LogP contribution in [0.4, 0.5) is 5.69 Å². The Hall–Kier alpha value is -3.23. The molecular weight excluding hydrogens is 466 g/mol. The van der Waals surface area contributed by atoms with Crippen molar-refractivity contribution >= 4 is 11.6 Å². The number of amides is 1. The van der Waals surface area contributed by atoms with Crippen molar-refractivity contribution in [3.8, 4) is 5.75 Å². The molecule has 0 atom stereocenters. The van der Waals surface area contributed by atoms with Crippen molar-refractivity contribution in [2.75, 3.05) is 19.1 Å². The third-order valence-corrected chi connectivity index (χ3v) is 8.79. The molecule has 0 radical (unpaired) electrons. The molecule has 2 saturated carbocycles. The van der Waals surface area contributed by atoms with Crippen molar-refractivity contribution in [1.29, 1.82) is 0 Å². The van der Waals surface area contributed by atoms with Crippen LogP contribution in [0.15, 0.2) is 42.7 Å². The summed E-state index contributed by atoms with van der Waals surface area (Å²) < 4.78 is 13.4. The van der Waals surface area contributed by atoms with Crippen molar-refractivity contribution in [3.63, 3.8) is 0 Å². The summed E-state index contributed by atoms with van der Waals surface area (Å²) in [6.45, 7) is 3.49. The van der Waals surface area contributed by atoms with E-state index in [1.54, 1.807) is 20.5 Å². The van der Waals surface area contributed by atoms with E-state index in [-0.39, 0.29) is 23.0 Å². The Bertz CT molecular complexity index is 1340. The van der Waals surface area contributed by atoms with E-state index in [2.05, 4.69) is 40.6 Å². The van der Waals surface area contributed by atoms with Crippen molar-refractivity contribution in [2.24, 2.45) is 7.05 Å². The van der Waals surface area contributed by atoms with Gasteiger partial charge in [-0.25, -0.2) is 0 Å². The number of carbonyl (C=O) groups excluding carboxylic acids is 1. The van der Waals surface area contributed by atoms with Gasteiger partial charge in [-0.05, 0) is 74.4 Å². The molecule has 3 aliphatic rings. The van der Waals surface area contributed by atoms with Crippen molar-refractivity contribution in [1.82, 2.24) is 20.1 Å². The number of fused-ring (bicyclic) bond motifs is 1. The maximum atomic E-state index is 13.7. The Morgan fingerprint density at radius 1 is 1.16 bits per heavy atom. The zero-order valence-electron chi connectivity index (χ0n) is 22.1. The van der Waals surface area contributed by atoms with Crippen LogP contribution < -0.4 is 15.0 Å². The highest BCUT2D eigenvalue weighted by Gasteiger charge is 2.50. The summed E-state index contributed by atoms with van der Waals surface area (Å²) in [7, 11) is 5.42.